The van der Waals surface area contributed by atoms with Gasteiger partial charge in [0, 0.05) is 23.5 Å². The van der Waals surface area contributed by atoms with Crippen molar-refractivity contribution in [3.63, 3.8) is 0 Å². The van der Waals surface area contributed by atoms with Gasteiger partial charge >= 0.3 is 11.9 Å². The Morgan fingerprint density at radius 2 is 1.72 bits per heavy atom. The summed E-state index contributed by atoms with van der Waals surface area (Å²) in [5, 5.41) is 17.6. The second-order valence-electron chi connectivity index (χ2n) is 7.88. The number of unbranched alkanes of at least 4 members (excludes halogenated alkanes) is 1. The molecule has 13 heteroatoms. The van der Waals surface area contributed by atoms with Crippen LogP contribution < -0.4 is 10.0 Å². The summed E-state index contributed by atoms with van der Waals surface area (Å²) in [6.45, 7) is 3.23. The molecule has 36 heavy (non-hydrogen) atoms. The van der Waals surface area contributed by atoms with Gasteiger partial charge in [-0.1, -0.05) is 19.4 Å². The van der Waals surface area contributed by atoms with E-state index in [1.165, 1.54) is 0 Å². The van der Waals surface area contributed by atoms with Crippen molar-refractivity contribution in [3.8, 4) is 0 Å². The van der Waals surface area contributed by atoms with Crippen molar-refractivity contribution in [3.05, 3.63) is 53.5 Å². The van der Waals surface area contributed by atoms with Crippen LogP contribution in [0.5, 0.6) is 0 Å². The number of benzene rings is 1. The molecule has 1 aromatic heterocycles. The maximum Gasteiger partial charge on any atom is 0.414 e. The Balaban J connectivity index is 0.000000960. The Bertz CT molecular complexity index is 1090. The first-order chi connectivity index (χ1) is 16.9. The molecule has 0 aliphatic heterocycles. The third-order valence-electron chi connectivity index (χ3n) is 4.31. The molecule has 0 saturated carbocycles. The normalized spacial score (nSPS) is 10.9. The quantitative estimate of drug-likeness (QED) is 0.218. The Hall–Kier alpha value is -3.03. The molecule has 1 aromatic carbocycles. The van der Waals surface area contributed by atoms with E-state index in [9.17, 15) is 13.2 Å². The summed E-state index contributed by atoms with van der Waals surface area (Å²) in [5.74, 6) is -0.442. The second-order valence-corrected chi connectivity index (χ2v) is 10.8. The number of carboxylic acid groups (broad SMARTS) is 2. The lowest BCUT2D eigenvalue weighted by molar-refractivity contribution is -0.159. The highest BCUT2D eigenvalue weighted by atomic mass is 32.2. The van der Waals surface area contributed by atoms with Gasteiger partial charge in [-0.05, 0) is 50.8 Å². The van der Waals surface area contributed by atoms with Crippen molar-refractivity contribution < 1.29 is 37.4 Å². The van der Waals surface area contributed by atoms with Gasteiger partial charge in [0.1, 0.15) is 11.5 Å². The number of rotatable bonds is 13. The fraction of sp³-hybridized carbons (Fsp3) is 0.435. The van der Waals surface area contributed by atoms with Crippen LogP contribution in [0.3, 0.4) is 0 Å². The molecular weight excluding hydrogens is 510 g/mol. The molecule has 0 aliphatic carbocycles. The zero-order valence-corrected chi connectivity index (χ0v) is 22.2. The summed E-state index contributed by atoms with van der Waals surface area (Å²) in [4.78, 5) is 32.6. The number of anilines is 1. The third kappa shape index (κ3) is 13.2. The zero-order valence-electron chi connectivity index (χ0n) is 20.5. The molecule has 4 N–H and O–H groups in total. The van der Waals surface area contributed by atoms with Crippen molar-refractivity contribution in [2.24, 2.45) is 0 Å². The Labute approximate surface area is 215 Å². The van der Waals surface area contributed by atoms with Crippen LogP contribution in [0, 0.1) is 0 Å². The highest BCUT2D eigenvalue weighted by molar-refractivity contribution is 7.98. The monoisotopic (exact) mass is 543 g/mol. The summed E-state index contributed by atoms with van der Waals surface area (Å²) < 4.78 is 32.4. The van der Waals surface area contributed by atoms with Crippen molar-refractivity contribution in [1.82, 2.24) is 10.2 Å². The SMILES string of the molecule is CCCCS(=O)(=O)Nc1cccc(C(=O)NCCSCc2ccc(CN(C)C)o2)c1.O=C(O)C(=O)O. The van der Waals surface area contributed by atoms with E-state index in [0.717, 1.165) is 36.0 Å². The number of furan rings is 1. The van der Waals surface area contributed by atoms with E-state index < -0.39 is 22.0 Å². The van der Waals surface area contributed by atoms with Crippen molar-refractivity contribution in [2.75, 3.05) is 36.9 Å². The van der Waals surface area contributed by atoms with Crippen LogP contribution in [0.25, 0.3) is 0 Å². The Kier molecular flexibility index (Phi) is 13.7. The molecule has 0 aliphatic rings. The minimum atomic E-state index is -3.39. The number of nitrogens with one attached hydrogen (secondary N) is 2. The standard InChI is InChI=1S/C21H31N3O4S2.C2H2O4/c1-4-5-13-30(26,27)23-18-8-6-7-17(14-18)21(25)22-11-12-29-16-20-10-9-19(28-20)15-24(2)3;3-1(4)2(5)6/h6-10,14,23H,4-5,11-13,15-16H2,1-3H3,(H,22,25);(H,3,4)(H,5,6). The lowest BCUT2D eigenvalue weighted by Gasteiger charge is -2.09. The molecule has 0 bridgehead atoms. The molecular formula is C23H33N3O8S2. The predicted molar refractivity (Wildman–Crippen MR) is 139 cm³/mol. The van der Waals surface area contributed by atoms with E-state index >= 15 is 0 Å². The number of aliphatic carboxylic acids is 2. The number of amides is 1. The molecule has 200 valence electrons. The molecule has 0 saturated heterocycles. The fourth-order valence-corrected chi connectivity index (χ4v) is 4.70. The van der Waals surface area contributed by atoms with Crippen LogP contribution in [0.15, 0.2) is 40.8 Å². The fourth-order valence-electron chi connectivity index (χ4n) is 2.70. The van der Waals surface area contributed by atoms with Gasteiger partial charge in [-0.3, -0.25) is 9.52 Å². The predicted octanol–water partition coefficient (Wildman–Crippen LogP) is 2.70. The molecule has 0 atom stereocenters. The zero-order chi connectivity index (χ0) is 27.1. The van der Waals surface area contributed by atoms with E-state index in [0.29, 0.717) is 24.2 Å². The summed E-state index contributed by atoms with van der Waals surface area (Å²) in [7, 11) is 0.602. The Morgan fingerprint density at radius 3 is 2.33 bits per heavy atom. The Morgan fingerprint density at radius 1 is 1.06 bits per heavy atom. The lowest BCUT2D eigenvalue weighted by Crippen LogP contribution is -2.26. The summed E-state index contributed by atoms with van der Waals surface area (Å²) in [5.41, 5.74) is 0.828. The van der Waals surface area contributed by atoms with Gasteiger partial charge in [0.05, 0.1) is 18.1 Å². The third-order valence-corrected chi connectivity index (χ3v) is 6.67. The second kappa shape index (κ2) is 15.9. The van der Waals surface area contributed by atoms with Crippen LogP contribution in [-0.2, 0) is 31.9 Å². The van der Waals surface area contributed by atoms with E-state index in [-0.39, 0.29) is 11.7 Å². The first-order valence-electron chi connectivity index (χ1n) is 11.1. The topological polar surface area (TPSA) is 166 Å². The van der Waals surface area contributed by atoms with Gasteiger partial charge in [-0.2, -0.15) is 11.8 Å². The summed E-state index contributed by atoms with van der Waals surface area (Å²) in [6.07, 6.45) is 1.40. The van der Waals surface area contributed by atoms with Gasteiger partial charge in [-0.25, -0.2) is 18.0 Å². The van der Waals surface area contributed by atoms with Crippen LogP contribution in [-0.4, -0.2) is 73.5 Å². The number of nitrogens with zero attached hydrogens (tertiary/aromatic N) is 1. The molecule has 11 nitrogen and oxygen atoms in total. The molecule has 1 amide bonds. The number of carbonyl (C=O) groups is 3. The van der Waals surface area contributed by atoms with Crippen LogP contribution in [0.1, 0.15) is 41.6 Å². The molecule has 0 unspecified atom stereocenters. The maximum atomic E-state index is 12.4. The van der Waals surface area contributed by atoms with Crippen molar-refractivity contribution in [1.29, 1.82) is 0 Å². The van der Waals surface area contributed by atoms with Gasteiger partial charge in [0.25, 0.3) is 5.91 Å². The summed E-state index contributed by atoms with van der Waals surface area (Å²) >= 11 is 1.68. The smallest absolute Gasteiger partial charge is 0.414 e. The number of carboxylic acids is 2. The minimum absolute atomic E-state index is 0.0729. The van der Waals surface area contributed by atoms with Gasteiger partial charge in [-0.15, -0.1) is 0 Å². The number of hydrogen-bond acceptors (Lipinski definition) is 8. The maximum absolute atomic E-state index is 12.4. The molecule has 0 radical (unpaired) electrons. The summed E-state index contributed by atoms with van der Waals surface area (Å²) in [6, 6.07) is 10.5. The molecule has 2 rings (SSSR count). The number of sulfonamides is 1. The highest BCUT2D eigenvalue weighted by Crippen LogP contribution is 2.16. The van der Waals surface area contributed by atoms with Gasteiger partial charge in [0.2, 0.25) is 10.0 Å². The van der Waals surface area contributed by atoms with Crippen LogP contribution in [0.2, 0.25) is 0 Å². The van der Waals surface area contributed by atoms with Crippen LogP contribution in [0.4, 0.5) is 5.69 Å². The largest absolute Gasteiger partial charge is 0.473 e. The number of carbonyl (C=O) groups excluding carboxylic acids is 1. The van der Waals surface area contributed by atoms with E-state index in [1.54, 1.807) is 36.0 Å². The average molecular weight is 544 g/mol. The molecule has 2 aromatic rings. The van der Waals surface area contributed by atoms with Gasteiger partial charge in [0.15, 0.2) is 0 Å². The van der Waals surface area contributed by atoms with E-state index in [2.05, 4.69) is 14.9 Å². The lowest BCUT2D eigenvalue weighted by atomic mass is 10.2. The number of hydrogen-bond donors (Lipinski definition) is 4. The van der Waals surface area contributed by atoms with E-state index in [4.69, 9.17) is 24.2 Å². The molecule has 0 fully saturated rings. The highest BCUT2D eigenvalue weighted by Gasteiger charge is 2.12. The van der Waals surface area contributed by atoms with Crippen molar-refractivity contribution in [2.45, 2.75) is 32.1 Å². The minimum Gasteiger partial charge on any atom is -0.473 e. The van der Waals surface area contributed by atoms with Crippen LogP contribution >= 0.6 is 11.8 Å². The first kappa shape index (κ1) is 31.0. The first-order valence-corrected chi connectivity index (χ1v) is 13.9. The molecule has 1 heterocycles. The van der Waals surface area contributed by atoms with Gasteiger partial charge < -0.3 is 24.8 Å². The molecule has 0 spiro atoms. The average Bonchev–Trinajstić information content (AvgIpc) is 3.24. The van der Waals surface area contributed by atoms with Crippen molar-refractivity contribution >= 4 is 45.3 Å². The number of thioether (sulfide) groups is 1. The van der Waals surface area contributed by atoms with E-state index in [1.807, 2.05) is 33.2 Å².